The summed E-state index contributed by atoms with van der Waals surface area (Å²) in [5, 5.41) is 35.9. The number of aromatic hydroxyl groups is 3. The molecular formula is C8H10O4. The quantitative estimate of drug-likeness (QED) is 0.381. The lowest BCUT2D eigenvalue weighted by molar-refractivity contribution is 0.293. The molecule has 0 aromatic heterocycles. The van der Waals surface area contributed by atoms with Gasteiger partial charge >= 0.3 is 0 Å². The van der Waals surface area contributed by atoms with Gasteiger partial charge in [0, 0.05) is 18.6 Å². The summed E-state index contributed by atoms with van der Waals surface area (Å²) in [5.74, 6) is -0.792. The van der Waals surface area contributed by atoms with E-state index in [1.807, 2.05) is 0 Å². The third kappa shape index (κ3) is 1.43. The number of aliphatic hydroxyl groups is 1. The summed E-state index contributed by atoms with van der Waals surface area (Å²) < 4.78 is 0. The fourth-order valence-corrected chi connectivity index (χ4v) is 0.972. The van der Waals surface area contributed by atoms with E-state index < -0.39 is 0 Å². The third-order valence-electron chi connectivity index (χ3n) is 1.60. The highest BCUT2D eigenvalue weighted by molar-refractivity contribution is 5.51. The lowest BCUT2D eigenvalue weighted by atomic mass is 10.1. The van der Waals surface area contributed by atoms with Crippen LogP contribution >= 0.6 is 0 Å². The molecule has 1 rings (SSSR count). The number of benzene rings is 1. The summed E-state index contributed by atoms with van der Waals surface area (Å²) in [6.07, 6.45) is 0.117. The molecule has 0 saturated carbocycles. The molecular weight excluding hydrogens is 160 g/mol. The van der Waals surface area contributed by atoms with Crippen LogP contribution in [-0.4, -0.2) is 27.0 Å². The van der Waals surface area contributed by atoms with Gasteiger partial charge in [0.25, 0.3) is 0 Å². The van der Waals surface area contributed by atoms with Gasteiger partial charge in [-0.05, 0) is 12.1 Å². The van der Waals surface area contributed by atoms with E-state index in [0.29, 0.717) is 0 Å². The monoisotopic (exact) mass is 170 g/mol. The summed E-state index contributed by atoms with van der Waals surface area (Å²) >= 11 is 0. The average molecular weight is 170 g/mol. The van der Waals surface area contributed by atoms with Crippen molar-refractivity contribution in [3.63, 3.8) is 0 Å². The van der Waals surface area contributed by atoms with Crippen molar-refractivity contribution in [1.29, 1.82) is 0 Å². The molecule has 12 heavy (non-hydrogen) atoms. The molecule has 0 unspecified atom stereocenters. The van der Waals surface area contributed by atoms with Crippen LogP contribution in [0.1, 0.15) is 5.56 Å². The van der Waals surface area contributed by atoms with Crippen molar-refractivity contribution < 1.29 is 20.4 Å². The second-order valence-electron chi connectivity index (χ2n) is 2.40. The van der Waals surface area contributed by atoms with Gasteiger partial charge in [-0.2, -0.15) is 0 Å². The Morgan fingerprint density at radius 3 is 2.17 bits per heavy atom. The second kappa shape index (κ2) is 3.32. The van der Waals surface area contributed by atoms with Crippen molar-refractivity contribution in [2.24, 2.45) is 0 Å². The zero-order chi connectivity index (χ0) is 9.14. The molecule has 0 radical (unpaired) electrons. The van der Waals surface area contributed by atoms with Crippen molar-refractivity contribution in [1.82, 2.24) is 0 Å². The SMILES string of the molecule is OCCc1c(O)ccc(O)c1O. The fraction of sp³-hybridized carbons (Fsp3) is 0.250. The smallest absolute Gasteiger partial charge is 0.164 e. The van der Waals surface area contributed by atoms with Crippen LogP contribution in [0.5, 0.6) is 17.2 Å². The Kier molecular flexibility index (Phi) is 2.40. The standard InChI is InChI=1S/C8H10O4/c9-4-3-5-6(10)1-2-7(11)8(5)12/h1-2,9-12H,3-4H2. The number of phenols is 3. The molecule has 0 heterocycles. The first-order valence-electron chi connectivity index (χ1n) is 3.50. The van der Waals surface area contributed by atoms with Crippen LogP contribution in [0.25, 0.3) is 0 Å². The Morgan fingerprint density at radius 1 is 1.00 bits per heavy atom. The third-order valence-corrected chi connectivity index (χ3v) is 1.60. The summed E-state index contributed by atoms with van der Waals surface area (Å²) in [7, 11) is 0. The molecule has 66 valence electrons. The van der Waals surface area contributed by atoms with Gasteiger partial charge in [0.1, 0.15) is 5.75 Å². The van der Waals surface area contributed by atoms with Crippen molar-refractivity contribution >= 4 is 0 Å². The number of hydrogen-bond acceptors (Lipinski definition) is 4. The predicted molar refractivity (Wildman–Crippen MR) is 42.2 cm³/mol. The molecule has 0 spiro atoms. The minimum Gasteiger partial charge on any atom is -0.508 e. The van der Waals surface area contributed by atoms with Gasteiger partial charge in [0.15, 0.2) is 11.5 Å². The van der Waals surface area contributed by atoms with Gasteiger partial charge in [-0.3, -0.25) is 0 Å². The van der Waals surface area contributed by atoms with Crippen LogP contribution in [0.3, 0.4) is 0 Å². The molecule has 4 heteroatoms. The summed E-state index contributed by atoms with van der Waals surface area (Å²) in [4.78, 5) is 0. The number of phenolic OH excluding ortho intramolecular Hbond substituents is 3. The van der Waals surface area contributed by atoms with Crippen molar-refractivity contribution in [2.75, 3.05) is 6.61 Å². The lowest BCUT2D eigenvalue weighted by Crippen LogP contribution is -1.91. The topological polar surface area (TPSA) is 80.9 Å². The zero-order valence-corrected chi connectivity index (χ0v) is 6.36. The highest BCUT2D eigenvalue weighted by Crippen LogP contribution is 2.34. The van der Waals surface area contributed by atoms with E-state index in [1.165, 1.54) is 12.1 Å². The fourth-order valence-electron chi connectivity index (χ4n) is 0.972. The average Bonchev–Trinajstić information content (AvgIpc) is 2.06. The normalized spacial score (nSPS) is 10.1. The van der Waals surface area contributed by atoms with Gasteiger partial charge in [-0.15, -0.1) is 0 Å². The first-order chi connectivity index (χ1) is 5.66. The van der Waals surface area contributed by atoms with Gasteiger partial charge < -0.3 is 20.4 Å². The Bertz CT molecular complexity index is 283. The highest BCUT2D eigenvalue weighted by Gasteiger charge is 2.10. The van der Waals surface area contributed by atoms with Gasteiger partial charge in [0.2, 0.25) is 0 Å². The van der Waals surface area contributed by atoms with Crippen molar-refractivity contribution in [3.8, 4) is 17.2 Å². The van der Waals surface area contributed by atoms with Crippen LogP contribution in [0.2, 0.25) is 0 Å². The van der Waals surface area contributed by atoms with Gasteiger partial charge in [-0.25, -0.2) is 0 Å². The Balaban J connectivity index is 3.14. The van der Waals surface area contributed by atoms with Gasteiger partial charge in [-0.1, -0.05) is 0 Å². The maximum absolute atomic E-state index is 9.19. The Labute approximate surface area is 69.3 Å². The molecule has 0 atom stereocenters. The van der Waals surface area contributed by atoms with E-state index in [-0.39, 0.29) is 35.8 Å². The molecule has 0 aliphatic heterocycles. The first kappa shape index (κ1) is 8.67. The molecule has 0 amide bonds. The summed E-state index contributed by atoms with van der Waals surface area (Å²) in [6, 6.07) is 2.45. The maximum atomic E-state index is 9.19. The largest absolute Gasteiger partial charge is 0.508 e. The number of hydrogen-bond donors (Lipinski definition) is 4. The van der Waals surface area contributed by atoms with Crippen molar-refractivity contribution in [3.05, 3.63) is 17.7 Å². The molecule has 0 aliphatic rings. The van der Waals surface area contributed by atoms with Crippen molar-refractivity contribution in [2.45, 2.75) is 6.42 Å². The first-order valence-corrected chi connectivity index (χ1v) is 3.50. The van der Waals surface area contributed by atoms with E-state index in [2.05, 4.69) is 0 Å². The minimum atomic E-state index is -0.371. The van der Waals surface area contributed by atoms with Crippen LogP contribution in [0.15, 0.2) is 12.1 Å². The van der Waals surface area contributed by atoms with Crippen LogP contribution in [-0.2, 0) is 6.42 Å². The van der Waals surface area contributed by atoms with E-state index in [0.717, 1.165) is 0 Å². The Hall–Kier alpha value is -1.42. The van der Waals surface area contributed by atoms with E-state index in [9.17, 15) is 5.11 Å². The molecule has 1 aromatic carbocycles. The minimum absolute atomic E-state index is 0.117. The van der Waals surface area contributed by atoms with E-state index in [1.54, 1.807) is 0 Å². The molecule has 1 aromatic rings. The highest BCUT2D eigenvalue weighted by atomic mass is 16.3. The van der Waals surface area contributed by atoms with Crippen LogP contribution in [0, 0.1) is 0 Å². The van der Waals surface area contributed by atoms with Gasteiger partial charge in [0.05, 0.1) is 0 Å². The molecule has 4 N–H and O–H groups in total. The molecule has 0 saturated heterocycles. The van der Waals surface area contributed by atoms with E-state index >= 15 is 0 Å². The van der Waals surface area contributed by atoms with Crippen LogP contribution < -0.4 is 0 Å². The number of rotatable bonds is 2. The number of aliphatic hydroxyl groups excluding tert-OH is 1. The van der Waals surface area contributed by atoms with E-state index in [4.69, 9.17) is 15.3 Å². The zero-order valence-electron chi connectivity index (χ0n) is 6.36. The summed E-state index contributed by atoms with van der Waals surface area (Å²) in [6.45, 7) is -0.190. The molecule has 4 nitrogen and oxygen atoms in total. The molecule has 0 fully saturated rings. The molecule has 0 aliphatic carbocycles. The maximum Gasteiger partial charge on any atom is 0.164 e. The molecule has 0 bridgehead atoms. The second-order valence-corrected chi connectivity index (χ2v) is 2.40. The van der Waals surface area contributed by atoms with Crippen LogP contribution in [0.4, 0.5) is 0 Å². The Morgan fingerprint density at radius 2 is 1.58 bits per heavy atom. The predicted octanol–water partition coefficient (Wildman–Crippen LogP) is 0.338. The summed E-state index contributed by atoms with van der Waals surface area (Å²) in [5.41, 5.74) is 0.164. The lowest BCUT2D eigenvalue weighted by Gasteiger charge is -2.06.